The second-order valence-corrected chi connectivity index (χ2v) is 3.82. The van der Waals surface area contributed by atoms with Crippen molar-refractivity contribution in [3.63, 3.8) is 0 Å². The molecule has 0 aliphatic carbocycles. The lowest BCUT2D eigenvalue weighted by atomic mass is 10.1. The van der Waals surface area contributed by atoms with E-state index in [2.05, 4.69) is 0 Å². The fourth-order valence-electron chi connectivity index (χ4n) is 1.18. The molecule has 0 aliphatic heterocycles. The number of alkyl halides is 1. The largest absolute Gasteiger partial charge is 0.338 e. The number of amides is 1. The Morgan fingerprint density at radius 2 is 1.94 bits per heavy atom. The Hall–Kier alpha value is -1.16. The molecule has 1 unspecified atom stereocenters. The van der Waals surface area contributed by atoms with Gasteiger partial charge in [0.2, 0.25) is 0 Å². The number of halogens is 3. The average Bonchev–Trinajstić information content (AvgIpc) is 2.26. The summed E-state index contributed by atoms with van der Waals surface area (Å²) >= 11 is 5.58. The lowest BCUT2D eigenvalue weighted by Crippen LogP contribution is -2.37. The predicted octanol–water partition coefficient (Wildman–Crippen LogP) is 2.66. The van der Waals surface area contributed by atoms with Crippen LogP contribution in [0.5, 0.6) is 0 Å². The number of carbonyl (C=O) groups is 1. The van der Waals surface area contributed by atoms with E-state index < -0.39 is 23.1 Å². The minimum absolute atomic E-state index is 0.207. The van der Waals surface area contributed by atoms with Gasteiger partial charge in [0.15, 0.2) is 0 Å². The summed E-state index contributed by atoms with van der Waals surface area (Å²) in [5, 5.41) is 0. The van der Waals surface area contributed by atoms with Crippen molar-refractivity contribution >= 4 is 17.5 Å². The topological polar surface area (TPSA) is 20.3 Å². The highest BCUT2D eigenvalue weighted by Crippen LogP contribution is 2.15. The SMILES string of the molecule is CC(CCl)N(C)C(=O)c1c(F)cccc1F. The molecule has 16 heavy (non-hydrogen) atoms. The fourth-order valence-corrected chi connectivity index (χ4v) is 1.39. The first-order valence-electron chi connectivity index (χ1n) is 4.76. The zero-order valence-corrected chi connectivity index (χ0v) is 9.76. The molecule has 5 heteroatoms. The molecule has 1 aromatic carbocycles. The Morgan fingerprint density at radius 1 is 1.44 bits per heavy atom. The van der Waals surface area contributed by atoms with E-state index in [0.29, 0.717) is 0 Å². The Morgan fingerprint density at radius 3 is 2.38 bits per heavy atom. The summed E-state index contributed by atoms with van der Waals surface area (Å²) in [6.45, 7) is 1.70. The van der Waals surface area contributed by atoms with Crippen molar-refractivity contribution in [1.29, 1.82) is 0 Å². The Bertz CT molecular complexity index is 377. The van der Waals surface area contributed by atoms with Gasteiger partial charge in [-0.25, -0.2) is 8.78 Å². The summed E-state index contributed by atoms with van der Waals surface area (Å²) in [7, 11) is 1.46. The monoisotopic (exact) mass is 247 g/mol. The van der Waals surface area contributed by atoms with Crippen LogP contribution in [-0.4, -0.2) is 29.8 Å². The molecule has 1 amide bonds. The maximum Gasteiger partial charge on any atom is 0.259 e. The van der Waals surface area contributed by atoms with Crippen molar-refractivity contribution in [2.75, 3.05) is 12.9 Å². The molecule has 1 rings (SSSR count). The van der Waals surface area contributed by atoms with Gasteiger partial charge in [0.25, 0.3) is 5.91 Å². The van der Waals surface area contributed by atoms with Crippen LogP contribution in [0.15, 0.2) is 18.2 Å². The number of hydrogen-bond acceptors (Lipinski definition) is 1. The van der Waals surface area contributed by atoms with Gasteiger partial charge in [-0.15, -0.1) is 11.6 Å². The molecule has 0 N–H and O–H groups in total. The van der Waals surface area contributed by atoms with Gasteiger partial charge in [-0.1, -0.05) is 6.07 Å². The predicted molar refractivity (Wildman–Crippen MR) is 58.6 cm³/mol. The maximum atomic E-state index is 13.3. The second kappa shape index (κ2) is 5.25. The summed E-state index contributed by atoms with van der Waals surface area (Å²) < 4.78 is 26.6. The highest BCUT2D eigenvalue weighted by atomic mass is 35.5. The van der Waals surface area contributed by atoms with Gasteiger partial charge in [0, 0.05) is 19.0 Å². The Kier molecular flexibility index (Phi) is 4.24. The molecule has 2 nitrogen and oxygen atoms in total. The van der Waals surface area contributed by atoms with Crippen LogP contribution in [0.1, 0.15) is 17.3 Å². The summed E-state index contributed by atoms with van der Waals surface area (Å²) in [5.74, 6) is -2.22. The van der Waals surface area contributed by atoms with Crippen LogP contribution in [0.3, 0.4) is 0 Å². The van der Waals surface area contributed by atoms with Crippen LogP contribution in [0.25, 0.3) is 0 Å². The van der Waals surface area contributed by atoms with Crippen molar-refractivity contribution in [3.8, 4) is 0 Å². The lowest BCUT2D eigenvalue weighted by Gasteiger charge is -2.23. The molecule has 1 atom stereocenters. The third-order valence-corrected chi connectivity index (χ3v) is 2.83. The molecule has 0 radical (unpaired) electrons. The van der Waals surface area contributed by atoms with Crippen LogP contribution < -0.4 is 0 Å². The molecule has 0 fully saturated rings. The fraction of sp³-hybridized carbons (Fsp3) is 0.364. The first-order valence-corrected chi connectivity index (χ1v) is 5.29. The van der Waals surface area contributed by atoms with E-state index in [9.17, 15) is 13.6 Å². The van der Waals surface area contributed by atoms with E-state index in [1.165, 1.54) is 18.0 Å². The minimum Gasteiger partial charge on any atom is -0.338 e. The second-order valence-electron chi connectivity index (χ2n) is 3.52. The van der Waals surface area contributed by atoms with E-state index in [4.69, 9.17) is 11.6 Å². The summed E-state index contributed by atoms with van der Waals surface area (Å²) in [6.07, 6.45) is 0. The van der Waals surface area contributed by atoms with Crippen LogP contribution in [-0.2, 0) is 0 Å². The summed E-state index contributed by atoms with van der Waals surface area (Å²) in [6, 6.07) is 3.03. The van der Waals surface area contributed by atoms with E-state index >= 15 is 0 Å². The van der Waals surface area contributed by atoms with E-state index in [1.807, 2.05) is 0 Å². The zero-order valence-electron chi connectivity index (χ0n) is 9.01. The van der Waals surface area contributed by atoms with Gasteiger partial charge in [-0.3, -0.25) is 4.79 Å². The zero-order chi connectivity index (χ0) is 12.3. The first kappa shape index (κ1) is 12.9. The Balaban J connectivity index is 3.05. The van der Waals surface area contributed by atoms with Gasteiger partial charge < -0.3 is 4.90 Å². The number of benzene rings is 1. The summed E-state index contributed by atoms with van der Waals surface area (Å²) in [4.78, 5) is 13.0. The van der Waals surface area contributed by atoms with Gasteiger partial charge in [0.05, 0.1) is 0 Å². The van der Waals surface area contributed by atoms with Crippen LogP contribution in [0.2, 0.25) is 0 Å². The van der Waals surface area contributed by atoms with Crippen molar-refractivity contribution < 1.29 is 13.6 Å². The number of hydrogen-bond donors (Lipinski definition) is 0. The highest BCUT2D eigenvalue weighted by Gasteiger charge is 2.23. The van der Waals surface area contributed by atoms with Crippen molar-refractivity contribution in [2.24, 2.45) is 0 Å². The van der Waals surface area contributed by atoms with Crippen molar-refractivity contribution in [2.45, 2.75) is 13.0 Å². The number of rotatable bonds is 3. The van der Waals surface area contributed by atoms with Crippen LogP contribution in [0, 0.1) is 11.6 Å². The van der Waals surface area contributed by atoms with Gasteiger partial charge >= 0.3 is 0 Å². The van der Waals surface area contributed by atoms with E-state index in [1.54, 1.807) is 6.92 Å². The van der Waals surface area contributed by atoms with Crippen LogP contribution >= 0.6 is 11.6 Å². The molecule has 0 spiro atoms. The molecule has 0 saturated carbocycles. The smallest absolute Gasteiger partial charge is 0.259 e. The van der Waals surface area contributed by atoms with Gasteiger partial charge in [-0.2, -0.15) is 0 Å². The molecule has 0 heterocycles. The third-order valence-electron chi connectivity index (χ3n) is 2.38. The molecule has 0 aliphatic rings. The minimum atomic E-state index is -0.862. The van der Waals surface area contributed by atoms with Crippen LogP contribution in [0.4, 0.5) is 8.78 Å². The third kappa shape index (κ3) is 2.50. The van der Waals surface area contributed by atoms with Crippen molar-refractivity contribution in [3.05, 3.63) is 35.4 Å². The van der Waals surface area contributed by atoms with E-state index in [0.717, 1.165) is 12.1 Å². The summed E-state index contributed by atoms with van der Waals surface area (Å²) in [5.41, 5.74) is -0.540. The molecule has 1 aromatic rings. The molecule has 0 saturated heterocycles. The number of nitrogens with zero attached hydrogens (tertiary/aromatic N) is 1. The van der Waals surface area contributed by atoms with Crippen molar-refractivity contribution in [1.82, 2.24) is 4.90 Å². The first-order chi connectivity index (χ1) is 7.49. The van der Waals surface area contributed by atoms with E-state index in [-0.39, 0.29) is 11.9 Å². The highest BCUT2D eigenvalue weighted by molar-refractivity contribution is 6.18. The Labute approximate surface area is 97.8 Å². The molecule has 0 aromatic heterocycles. The number of carbonyl (C=O) groups excluding carboxylic acids is 1. The quantitative estimate of drug-likeness (QED) is 0.752. The average molecular weight is 248 g/mol. The lowest BCUT2D eigenvalue weighted by molar-refractivity contribution is 0.0747. The van der Waals surface area contributed by atoms with Gasteiger partial charge in [0.1, 0.15) is 17.2 Å². The molecule has 0 bridgehead atoms. The molecular weight excluding hydrogens is 236 g/mol. The molecule has 88 valence electrons. The maximum absolute atomic E-state index is 13.3. The van der Waals surface area contributed by atoms with Gasteiger partial charge in [-0.05, 0) is 19.1 Å². The standard InChI is InChI=1S/C11H12ClF2NO/c1-7(6-12)15(2)11(16)10-8(13)4-3-5-9(10)14/h3-5,7H,6H2,1-2H3. The normalized spacial score (nSPS) is 12.3. The molecular formula is C11H12ClF2NO.